The molecule has 0 spiro atoms. The van der Waals surface area contributed by atoms with Crippen molar-refractivity contribution < 1.29 is 14.7 Å². The van der Waals surface area contributed by atoms with Crippen LogP contribution < -0.4 is 15.8 Å². The second-order valence-electron chi connectivity index (χ2n) is 4.87. The minimum absolute atomic E-state index is 0.232. The number of hydrogen-bond acceptors (Lipinski definition) is 4. The van der Waals surface area contributed by atoms with E-state index in [1.54, 1.807) is 25.4 Å². The summed E-state index contributed by atoms with van der Waals surface area (Å²) in [5, 5.41) is 8.45. The third-order valence-corrected chi connectivity index (χ3v) is 3.31. The van der Waals surface area contributed by atoms with E-state index >= 15 is 0 Å². The van der Waals surface area contributed by atoms with Crippen LogP contribution >= 0.6 is 0 Å². The molecule has 2 N–H and O–H groups in total. The predicted molar refractivity (Wildman–Crippen MR) is 91.7 cm³/mol. The van der Waals surface area contributed by atoms with Crippen molar-refractivity contribution >= 4 is 18.1 Å². The van der Waals surface area contributed by atoms with E-state index in [9.17, 15) is 9.59 Å². The van der Waals surface area contributed by atoms with Crippen LogP contribution in [0.4, 0.5) is 0 Å². The Kier molecular flexibility index (Phi) is 6.10. The van der Waals surface area contributed by atoms with Crippen molar-refractivity contribution in [3.8, 4) is 5.75 Å². The number of allylic oxidation sites excluding steroid dienone is 1. The molecule has 2 rings (SSSR count). The Morgan fingerprint density at radius 2 is 1.96 bits per heavy atom. The Hall–Kier alpha value is -3.12. The lowest BCUT2D eigenvalue weighted by atomic mass is 10.2. The number of pyridine rings is 1. The van der Waals surface area contributed by atoms with Gasteiger partial charge in [-0.15, -0.1) is 0 Å². The Morgan fingerprint density at radius 1 is 1.21 bits per heavy atom. The first kappa shape index (κ1) is 17.2. The minimum atomic E-state index is -0.694. The molecule has 24 heavy (non-hydrogen) atoms. The van der Waals surface area contributed by atoms with Crippen molar-refractivity contribution in [3.63, 3.8) is 0 Å². The molecule has 0 saturated heterocycles. The summed E-state index contributed by atoms with van der Waals surface area (Å²) < 4.78 is 6.79. The van der Waals surface area contributed by atoms with Crippen molar-refractivity contribution in [1.29, 1.82) is 0 Å². The van der Waals surface area contributed by atoms with E-state index in [4.69, 9.17) is 9.94 Å². The van der Waals surface area contributed by atoms with Crippen LogP contribution in [0.5, 0.6) is 5.75 Å². The number of hydrogen-bond donors (Lipinski definition) is 2. The zero-order valence-corrected chi connectivity index (χ0v) is 13.2. The molecule has 1 aromatic carbocycles. The van der Waals surface area contributed by atoms with Crippen LogP contribution in [0.15, 0.2) is 59.5 Å². The fourth-order valence-corrected chi connectivity index (χ4v) is 2.13. The molecular formula is C18H18N2O4. The first-order valence-electron chi connectivity index (χ1n) is 7.27. The molecule has 0 fully saturated rings. The molecular weight excluding hydrogens is 308 g/mol. The molecule has 0 aliphatic rings. The van der Waals surface area contributed by atoms with Gasteiger partial charge in [-0.3, -0.25) is 14.8 Å². The average Bonchev–Trinajstić information content (AvgIpc) is 2.62. The summed E-state index contributed by atoms with van der Waals surface area (Å²) >= 11 is 0. The van der Waals surface area contributed by atoms with Crippen LogP contribution in [0.1, 0.15) is 11.1 Å². The van der Waals surface area contributed by atoms with Crippen LogP contribution in [0.2, 0.25) is 0 Å². The molecule has 124 valence electrons. The number of rotatable bonds is 6. The van der Waals surface area contributed by atoms with Crippen molar-refractivity contribution in [2.75, 3.05) is 7.11 Å². The number of nitrogens with one attached hydrogen (secondary N) is 1. The number of carbonyl (C=O) groups excluding carboxylic acids is 1. The van der Waals surface area contributed by atoms with Crippen molar-refractivity contribution in [2.24, 2.45) is 0 Å². The second kappa shape index (κ2) is 8.50. The number of aromatic nitrogens is 1. The van der Waals surface area contributed by atoms with E-state index in [-0.39, 0.29) is 5.56 Å². The second-order valence-corrected chi connectivity index (χ2v) is 4.87. The topological polar surface area (TPSA) is 80.6 Å². The lowest BCUT2D eigenvalue weighted by molar-refractivity contribution is -0.124. The number of nitrogens with zero attached hydrogens (tertiary/aromatic N) is 1. The Balaban J connectivity index is 2.16. The Morgan fingerprint density at radius 3 is 2.71 bits per heavy atom. The van der Waals surface area contributed by atoms with Gasteiger partial charge in [0.25, 0.3) is 11.5 Å². The summed E-state index contributed by atoms with van der Waals surface area (Å²) in [5.74, 6) is 0.0636. The van der Waals surface area contributed by atoms with Gasteiger partial charge in [0.15, 0.2) is 0 Å². The van der Waals surface area contributed by atoms with E-state index in [0.717, 1.165) is 17.4 Å². The van der Waals surface area contributed by atoms with E-state index < -0.39 is 5.91 Å². The number of benzene rings is 1. The van der Waals surface area contributed by atoms with Gasteiger partial charge in [-0.25, -0.2) is 5.48 Å². The maximum absolute atomic E-state index is 12.3. The number of ether oxygens (including phenoxy) is 1. The highest BCUT2D eigenvalue weighted by atomic mass is 16.5. The van der Waals surface area contributed by atoms with E-state index in [1.165, 1.54) is 16.1 Å². The largest absolute Gasteiger partial charge is 0.496 e. The van der Waals surface area contributed by atoms with Crippen LogP contribution in [0.25, 0.3) is 12.2 Å². The lowest BCUT2D eigenvalue weighted by Crippen LogP contribution is -2.21. The van der Waals surface area contributed by atoms with E-state index in [0.29, 0.717) is 12.1 Å². The third kappa shape index (κ3) is 4.44. The fourth-order valence-electron chi connectivity index (χ4n) is 2.13. The van der Waals surface area contributed by atoms with Crippen molar-refractivity contribution in [2.45, 2.75) is 6.54 Å². The van der Waals surface area contributed by atoms with Crippen LogP contribution in [0, 0.1) is 0 Å². The first-order valence-corrected chi connectivity index (χ1v) is 7.27. The molecule has 0 radical (unpaired) electrons. The summed E-state index contributed by atoms with van der Waals surface area (Å²) in [4.78, 5) is 23.3. The van der Waals surface area contributed by atoms with Gasteiger partial charge in [0, 0.05) is 29.9 Å². The lowest BCUT2D eigenvalue weighted by Gasteiger charge is -2.05. The van der Waals surface area contributed by atoms with Gasteiger partial charge in [-0.1, -0.05) is 30.4 Å². The van der Waals surface area contributed by atoms with Gasteiger partial charge in [-0.05, 0) is 24.3 Å². The first-order chi connectivity index (χ1) is 11.7. The van der Waals surface area contributed by atoms with Gasteiger partial charge in [-0.2, -0.15) is 0 Å². The van der Waals surface area contributed by atoms with E-state index in [1.807, 2.05) is 36.4 Å². The molecule has 0 atom stereocenters. The summed E-state index contributed by atoms with van der Waals surface area (Å²) in [6.45, 7) is 0.380. The molecule has 0 unspecified atom stereocenters. The van der Waals surface area contributed by atoms with Gasteiger partial charge < -0.3 is 9.30 Å². The number of methoxy groups -OCH3 is 1. The van der Waals surface area contributed by atoms with Gasteiger partial charge in [0.05, 0.1) is 7.11 Å². The highest BCUT2D eigenvalue weighted by molar-refractivity contribution is 5.90. The molecule has 2 aromatic rings. The summed E-state index contributed by atoms with van der Waals surface area (Å²) in [6, 6.07) is 10.9. The van der Waals surface area contributed by atoms with Crippen molar-refractivity contribution in [1.82, 2.24) is 10.0 Å². The minimum Gasteiger partial charge on any atom is -0.496 e. The highest BCUT2D eigenvalue weighted by Gasteiger charge is 2.01. The molecule has 1 aromatic heterocycles. The molecule has 0 bridgehead atoms. The summed E-state index contributed by atoms with van der Waals surface area (Å²) in [6.07, 6.45) is 7.85. The third-order valence-electron chi connectivity index (χ3n) is 3.31. The predicted octanol–water partition coefficient (Wildman–Crippen LogP) is 2.09. The van der Waals surface area contributed by atoms with Crippen LogP contribution in [-0.2, 0) is 11.3 Å². The quantitative estimate of drug-likeness (QED) is 0.484. The monoisotopic (exact) mass is 326 g/mol. The molecule has 1 amide bonds. The molecule has 0 saturated carbocycles. The van der Waals surface area contributed by atoms with Gasteiger partial charge >= 0.3 is 0 Å². The van der Waals surface area contributed by atoms with Gasteiger partial charge in [0.1, 0.15) is 5.75 Å². The number of para-hydroxylation sites is 1. The molecule has 6 nitrogen and oxygen atoms in total. The van der Waals surface area contributed by atoms with E-state index in [2.05, 4.69) is 0 Å². The zero-order chi connectivity index (χ0) is 17.4. The maximum Gasteiger partial charge on any atom is 0.267 e. The highest BCUT2D eigenvalue weighted by Crippen LogP contribution is 2.18. The molecule has 0 aliphatic carbocycles. The number of amides is 1. The SMILES string of the molecule is COc1ccccc1/C=C/Cn1cccc(/C=C/C(=O)NO)c1=O. The fraction of sp³-hybridized carbons (Fsp3) is 0.111. The van der Waals surface area contributed by atoms with Crippen LogP contribution in [0.3, 0.4) is 0 Å². The maximum atomic E-state index is 12.3. The smallest absolute Gasteiger partial charge is 0.267 e. The van der Waals surface area contributed by atoms with Crippen LogP contribution in [-0.4, -0.2) is 22.8 Å². The summed E-state index contributed by atoms with van der Waals surface area (Å²) in [5.41, 5.74) is 2.52. The molecule has 6 heteroatoms. The Bertz CT molecular complexity index is 822. The number of hydroxylamine groups is 1. The standard InChI is InChI=1S/C18H18N2O4/c1-24-16-9-3-2-6-14(16)7-4-12-20-13-5-8-15(18(20)22)10-11-17(21)19-23/h2-11,13,23H,12H2,1H3,(H,19,21)/b7-4+,11-10+. The van der Waals surface area contributed by atoms with Crippen molar-refractivity contribution in [3.05, 3.63) is 76.2 Å². The zero-order valence-electron chi connectivity index (χ0n) is 13.2. The normalized spacial score (nSPS) is 11.1. The van der Waals surface area contributed by atoms with Gasteiger partial charge in [0.2, 0.25) is 0 Å². The summed E-state index contributed by atoms with van der Waals surface area (Å²) in [7, 11) is 1.61. The molecule has 0 aliphatic heterocycles. The Labute approximate surface area is 139 Å². The molecule has 1 heterocycles. The number of carbonyl (C=O) groups is 1. The average molecular weight is 326 g/mol.